The summed E-state index contributed by atoms with van der Waals surface area (Å²) in [6, 6.07) is 14.3. The number of amides is 2. The summed E-state index contributed by atoms with van der Waals surface area (Å²) in [5, 5.41) is 14.7. The minimum absolute atomic E-state index is 0.161. The van der Waals surface area contributed by atoms with Crippen molar-refractivity contribution in [2.75, 3.05) is 18.2 Å². The molecule has 8 nitrogen and oxygen atoms in total. The highest BCUT2D eigenvalue weighted by molar-refractivity contribution is 7.99. The molecule has 0 fully saturated rings. The molecule has 2 amide bonds. The summed E-state index contributed by atoms with van der Waals surface area (Å²) >= 11 is 1.27. The lowest BCUT2D eigenvalue weighted by Crippen LogP contribution is -2.28. The number of benzene rings is 2. The first-order valence-electron chi connectivity index (χ1n) is 9.71. The molecular weight excluding hydrogens is 414 g/mol. The summed E-state index contributed by atoms with van der Waals surface area (Å²) in [6.45, 7) is 3.79. The second kappa shape index (κ2) is 10.1. The number of aryl methyl sites for hydroxylation is 1. The highest BCUT2D eigenvalue weighted by atomic mass is 32.2. The van der Waals surface area contributed by atoms with Crippen LogP contribution in [0.15, 0.2) is 53.7 Å². The third kappa shape index (κ3) is 5.64. The first-order valence-corrected chi connectivity index (χ1v) is 10.7. The summed E-state index contributed by atoms with van der Waals surface area (Å²) in [7, 11) is 3.37. The molecule has 1 atom stereocenters. The molecule has 3 aromatic rings. The van der Waals surface area contributed by atoms with Gasteiger partial charge in [-0.25, -0.2) is 0 Å². The minimum Gasteiger partial charge on any atom is -0.495 e. The SMILES string of the molecule is COc1ccccc1NC(=O)CSc1nnc([C@H](C)NC(=O)c2cccc(C)c2)n1C. The Morgan fingerprint density at radius 2 is 1.94 bits per heavy atom. The molecule has 0 aliphatic heterocycles. The van der Waals surface area contributed by atoms with Gasteiger partial charge in [0.05, 0.1) is 24.6 Å². The number of carbonyl (C=O) groups is 2. The van der Waals surface area contributed by atoms with Crippen molar-refractivity contribution in [3.63, 3.8) is 0 Å². The molecule has 0 aliphatic carbocycles. The van der Waals surface area contributed by atoms with E-state index in [9.17, 15) is 9.59 Å². The molecular formula is C22H25N5O3S. The van der Waals surface area contributed by atoms with E-state index in [1.54, 1.807) is 29.9 Å². The van der Waals surface area contributed by atoms with Crippen molar-refractivity contribution in [2.45, 2.75) is 25.0 Å². The van der Waals surface area contributed by atoms with Crippen molar-refractivity contribution < 1.29 is 14.3 Å². The quantitative estimate of drug-likeness (QED) is 0.523. The first kappa shape index (κ1) is 22.4. The third-order valence-electron chi connectivity index (χ3n) is 4.60. The Bertz CT molecular complexity index is 1080. The van der Waals surface area contributed by atoms with Gasteiger partial charge in [-0.05, 0) is 38.1 Å². The van der Waals surface area contributed by atoms with Crippen molar-refractivity contribution in [1.29, 1.82) is 0 Å². The molecule has 1 aromatic heterocycles. The molecule has 2 N–H and O–H groups in total. The Labute approximate surface area is 185 Å². The van der Waals surface area contributed by atoms with Crippen LogP contribution in [0.4, 0.5) is 5.69 Å². The number of ether oxygens (including phenoxy) is 1. The largest absolute Gasteiger partial charge is 0.495 e. The van der Waals surface area contributed by atoms with Crippen LogP contribution in [0.2, 0.25) is 0 Å². The van der Waals surface area contributed by atoms with Crippen LogP contribution in [0.5, 0.6) is 5.75 Å². The molecule has 0 radical (unpaired) electrons. The normalized spacial score (nSPS) is 11.6. The lowest BCUT2D eigenvalue weighted by molar-refractivity contribution is -0.113. The van der Waals surface area contributed by atoms with E-state index in [-0.39, 0.29) is 23.6 Å². The van der Waals surface area contributed by atoms with Gasteiger partial charge in [-0.1, -0.05) is 41.6 Å². The van der Waals surface area contributed by atoms with Gasteiger partial charge in [0, 0.05) is 12.6 Å². The Kier molecular flexibility index (Phi) is 7.30. The van der Waals surface area contributed by atoms with Crippen LogP contribution in [0.1, 0.15) is 34.7 Å². The van der Waals surface area contributed by atoms with Crippen molar-refractivity contribution in [3.8, 4) is 5.75 Å². The minimum atomic E-state index is -0.345. The average Bonchev–Trinajstić information content (AvgIpc) is 3.13. The van der Waals surface area contributed by atoms with Crippen molar-refractivity contribution >= 4 is 29.3 Å². The van der Waals surface area contributed by atoms with Gasteiger partial charge in [-0.3, -0.25) is 9.59 Å². The highest BCUT2D eigenvalue weighted by Gasteiger charge is 2.19. The number of para-hydroxylation sites is 2. The number of methoxy groups -OCH3 is 1. The van der Waals surface area contributed by atoms with Crippen LogP contribution in [0, 0.1) is 6.92 Å². The summed E-state index contributed by atoms with van der Waals surface area (Å²) in [6.07, 6.45) is 0. The molecule has 31 heavy (non-hydrogen) atoms. The molecule has 2 aromatic carbocycles. The number of nitrogens with zero attached hydrogens (tertiary/aromatic N) is 3. The van der Waals surface area contributed by atoms with E-state index in [1.165, 1.54) is 11.8 Å². The van der Waals surface area contributed by atoms with Crippen molar-refractivity contribution in [1.82, 2.24) is 20.1 Å². The van der Waals surface area contributed by atoms with E-state index in [0.29, 0.717) is 28.0 Å². The van der Waals surface area contributed by atoms with Gasteiger partial charge in [0.25, 0.3) is 5.91 Å². The second-order valence-corrected chi connectivity index (χ2v) is 7.94. The van der Waals surface area contributed by atoms with E-state index in [4.69, 9.17) is 4.74 Å². The van der Waals surface area contributed by atoms with Crippen LogP contribution in [0.3, 0.4) is 0 Å². The molecule has 1 heterocycles. The van der Waals surface area contributed by atoms with Crippen LogP contribution < -0.4 is 15.4 Å². The highest BCUT2D eigenvalue weighted by Crippen LogP contribution is 2.24. The number of aromatic nitrogens is 3. The Morgan fingerprint density at radius 1 is 1.16 bits per heavy atom. The molecule has 3 rings (SSSR count). The van der Waals surface area contributed by atoms with Gasteiger partial charge < -0.3 is 19.9 Å². The van der Waals surface area contributed by atoms with Gasteiger partial charge in [0.15, 0.2) is 11.0 Å². The Morgan fingerprint density at radius 3 is 2.68 bits per heavy atom. The predicted octanol–water partition coefficient (Wildman–Crippen LogP) is 3.35. The predicted molar refractivity (Wildman–Crippen MR) is 120 cm³/mol. The molecule has 0 aliphatic rings. The van der Waals surface area contributed by atoms with E-state index in [2.05, 4.69) is 20.8 Å². The zero-order valence-electron chi connectivity index (χ0n) is 17.9. The van der Waals surface area contributed by atoms with E-state index >= 15 is 0 Å². The van der Waals surface area contributed by atoms with Crippen LogP contribution >= 0.6 is 11.8 Å². The summed E-state index contributed by atoms with van der Waals surface area (Å²) in [4.78, 5) is 24.8. The van der Waals surface area contributed by atoms with Gasteiger partial charge in [0.2, 0.25) is 5.91 Å². The maximum atomic E-state index is 12.5. The van der Waals surface area contributed by atoms with Crippen LogP contribution in [0.25, 0.3) is 0 Å². The van der Waals surface area contributed by atoms with Crippen LogP contribution in [-0.2, 0) is 11.8 Å². The number of thioether (sulfide) groups is 1. The standard InChI is InChI=1S/C22H25N5O3S/c1-14-8-7-9-16(12-14)21(29)23-15(2)20-25-26-22(27(20)3)31-13-19(28)24-17-10-5-6-11-18(17)30-4/h5-12,15H,13H2,1-4H3,(H,23,29)(H,24,28)/t15-/m0/s1. The Balaban J connectivity index is 1.59. The monoisotopic (exact) mass is 439 g/mol. The van der Waals surface area contributed by atoms with Crippen LogP contribution in [-0.4, -0.2) is 39.4 Å². The number of anilines is 1. The van der Waals surface area contributed by atoms with Gasteiger partial charge in [-0.15, -0.1) is 10.2 Å². The van der Waals surface area contributed by atoms with Gasteiger partial charge in [-0.2, -0.15) is 0 Å². The molecule has 0 bridgehead atoms. The zero-order valence-corrected chi connectivity index (χ0v) is 18.7. The fraction of sp³-hybridized carbons (Fsp3) is 0.273. The fourth-order valence-corrected chi connectivity index (χ4v) is 3.74. The maximum Gasteiger partial charge on any atom is 0.251 e. The fourth-order valence-electron chi connectivity index (χ4n) is 3.02. The molecule has 0 saturated heterocycles. The maximum absolute atomic E-state index is 12.5. The molecule has 0 spiro atoms. The third-order valence-corrected chi connectivity index (χ3v) is 5.62. The lowest BCUT2D eigenvalue weighted by atomic mass is 10.1. The van der Waals surface area contributed by atoms with E-state index < -0.39 is 0 Å². The van der Waals surface area contributed by atoms with Gasteiger partial charge in [0.1, 0.15) is 5.75 Å². The number of hydrogen-bond acceptors (Lipinski definition) is 6. The number of hydrogen-bond donors (Lipinski definition) is 2. The first-order chi connectivity index (χ1) is 14.9. The number of carbonyl (C=O) groups excluding carboxylic acids is 2. The Hall–Kier alpha value is -3.33. The molecule has 162 valence electrons. The topological polar surface area (TPSA) is 98.1 Å². The molecule has 0 unspecified atom stereocenters. The van der Waals surface area contributed by atoms with Gasteiger partial charge >= 0.3 is 0 Å². The summed E-state index contributed by atoms with van der Waals surface area (Å²) < 4.78 is 7.03. The number of nitrogens with one attached hydrogen (secondary N) is 2. The zero-order chi connectivity index (χ0) is 22.4. The lowest BCUT2D eigenvalue weighted by Gasteiger charge is -2.14. The summed E-state index contributed by atoms with van der Waals surface area (Å²) in [5.74, 6) is 1.01. The molecule has 0 saturated carbocycles. The second-order valence-electron chi connectivity index (χ2n) is 7.00. The van der Waals surface area contributed by atoms with Crippen molar-refractivity contribution in [3.05, 3.63) is 65.5 Å². The number of rotatable bonds is 8. The summed E-state index contributed by atoms with van der Waals surface area (Å²) in [5.41, 5.74) is 2.22. The van der Waals surface area contributed by atoms with E-state index in [0.717, 1.165) is 5.56 Å². The van der Waals surface area contributed by atoms with Crippen molar-refractivity contribution in [2.24, 2.45) is 7.05 Å². The smallest absolute Gasteiger partial charge is 0.251 e. The van der Waals surface area contributed by atoms with E-state index in [1.807, 2.05) is 51.2 Å². The molecule has 9 heteroatoms. The average molecular weight is 440 g/mol.